The summed E-state index contributed by atoms with van der Waals surface area (Å²) < 4.78 is 18.4. The van der Waals surface area contributed by atoms with Crippen LogP contribution in [-0.4, -0.2) is 43.2 Å². The number of rotatable bonds is 9. The Morgan fingerprint density at radius 3 is 2.40 bits per heavy atom. The standard InChI is InChI=1S/C21H29FN4O3.HI/c1-4-23-20(26-14-21(3,28)18-10-5-15(2)29-18)25-12-11-24-19(27)13-16-6-8-17(22)9-7-16;/h5-10,28H,4,11-14H2,1-3H3,(H,24,27)(H2,23,25,26);1H. The fraction of sp³-hybridized carbons (Fsp3) is 0.429. The van der Waals surface area contributed by atoms with E-state index in [1.165, 1.54) is 12.1 Å². The molecule has 0 fully saturated rings. The van der Waals surface area contributed by atoms with E-state index in [1.807, 2.05) is 13.8 Å². The number of aryl methyl sites for hydroxylation is 1. The lowest BCUT2D eigenvalue weighted by molar-refractivity contribution is -0.120. The molecule has 1 atom stereocenters. The van der Waals surface area contributed by atoms with Gasteiger partial charge in [-0.05, 0) is 50.6 Å². The van der Waals surface area contributed by atoms with Crippen LogP contribution in [0.25, 0.3) is 0 Å². The zero-order chi connectivity index (χ0) is 21.3. The SMILES string of the molecule is CCNC(=NCC(C)(O)c1ccc(C)o1)NCCNC(=O)Cc1ccc(F)cc1.I. The van der Waals surface area contributed by atoms with Gasteiger partial charge in [-0.3, -0.25) is 4.79 Å². The maximum Gasteiger partial charge on any atom is 0.224 e. The van der Waals surface area contributed by atoms with Crippen LogP contribution in [0.4, 0.5) is 4.39 Å². The maximum atomic E-state index is 12.9. The van der Waals surface area contributed by atoms with Gasteiger partial charge in [-0.15, -0.1) is 24.0 Å². The second-order valence-corrected chi connectivity index (χ2v) is 6.96. The lowest BCUT2D eigenvalue weighted by Gasteiger charge is -2.19. The van der Waals surface area contributed by atoms with Crippen molar-refractivity contribution in [3.8, 4) is 0 Å². The summed E-state index contributed by atoms with van der Waals surface area (Å²) in [6, 6.07) is 9.39. The third kappa shape index (κ3) is 8.70. The van der Waals surface area contributed by atoms with E-state index in [0.29, 0.717) is 31.4 Å². The molecule has 4 N–H and O–H groups in total. The van der Waals surface area contributed by atoms with Crippen molar-refractivity contribution in [3.05, 3.63) is 59.3 Å². The Morgan fingerprint density at radius 1 is 1.13 bits per heavy atom. The quantitative estimate of drug-likeness (QED) is 0.172. The third-order valence-corrected chi connectivity index (χ3v) is 4.18. The summed E-state index contributed by atoms with van der Waals surface area (Å²) in [7, 11) is 0. The number of benzene rings is 1. The molecule has 1 aromatic heterocycles. The average molecular weight is 532 g/mol. The minimum Gasteiger partial charge on any atom is -0.463 e. The first-order valence-electron chi connectivity index (χ1n) is 9.63. The van der Waals surface area contributed by atoms with Crippen molar-refractivity contribution < 1.29 is 18.7 Å². The largest absolute Gasteiger partial charge is 0.463 e. The number of aliphatic imine (C=N–C) groups is 1. The molecule has 0 aliphatic carbocycles. The van der Waals surface area contributed by atoms with Gasteiger partial charge in [-0.1, -0.05) is 12.1 Å². The van der Waals surface area contributed by atoms with Gasteiger partial charge < -0.3 is 25.5 Å². The predicted molar refractivity (Wildman–Crippen MR) is 126 cm³/mol. The number of carbonyl (C=O) groups excluding carboxylic acids is 1. The van der Waals surface area contributed by atoms with Crippen molar-refractivity contribution in [2.75, 3.05) is 26.2 Å². The van der Waals surface area contributed by atoms with Crippen LogP contribution < -0.4 is 16.0 Å². The molecule has 1 amide bonds. The van der Waals surface area contributed by atoms with Gasteiger partial charge in [0.05, 0.1) is 13.0 Å². The first-order chi connectivity index (χ1) is 13.8. The van der Waals surface area contributed by atoms with Crippen molar-refractivity contribution in [1.29, 1.82) is 0 Å². The van der Waals surface area contributed by atoms with Crippen molar-refractivity contribution in [2.24, 2.45) is 4.99 Å². The lowest BCUT2D eigenvalue weighted by Crippen LogP contribution is -2.42. The molecule has 0 saturated carbocycles. The number of hydrogen-bond donors (Lipinski definition) is 4. The first-order valence-corrected chi connectivity index (χ1v) is 9.63. The molecule has 0 aliphatic heterocycles. The molecule has 0 saturated heterocycles. The lowest BCUT2D eigenvalue weighted by atomic mass is 10.0. The normalized spacial score (nSPS) is 13.2. The van der Waals surface area contributed by atoms with E-state index in [0.717, 1.165) is 11.3 Å². The monoisotopic (exact) mass is 532 g/mol. The van der Waals surface area contributed by atoms with Crippen molar-refractivity contribution in [1.82, 2.24) is 16.0 Å². The van der Waals surface area contributed by atoms with Gasteiger partial charge in [0.2, 0.25) is 5.91 Å². The molecule has 2 aromatic rings. The highest BCUT2D eigenvalue weighted by atomic mass is 127. The summed E-state index contributed by atoms with van der Waals surface area (Å²) in [5, 5.41) is 19.6. The van der Waals surface area contributed by atoms with Crippen molar-refractivity contribution in [3.63, 3.8) is 0 Å². The molecule has 30 heavy (non-hydrogen) atoms. The number of amides is 1. The van der Waals surface area contributed by atoms with E-state index in [1.54, 1.807) is 31.2 Å². The molecule has 9 heteroatoms. The van der Waals surface area contributed by atoms with Gasteiger partial charge in [0, 0.05) is 19.6 Å². The van der Waals surface area contributed by atoms with Crippen LogP contribution in [-0.2, 0) is 16.8 Å². The van der Waals surface area contributed by atoms with Crippen LogP contribution in [0.2, 0.25) is 0 Å². The molecule has 2 rings (SSSR count). The summed E-state index contributed by atoms with van der Waals surface area (Å²) in [5.74, 6) is 1.25. The fourth-order valence-corrected chi connectivity index (χ4v) is 2.61. The highest BCUT2D eigenvalue weighted by Crippen LogP contribution is 2.22. The number of furan rings is 1. The minimum atomic E-state index is -1.22. The van der Waals surface area contributed by atoms with Gasteiger partial charge in [-0.25, -0.2) is 9.38 Å². The highest BCUT2D eigenvalue weighted by Gasteiger charge is 2.26. The summed E-state index contributed by atoms with van der Waals surface area (Å²) >= 11 is 0. The van der Waals surface area contributed by atoms with Gasteiger partial charge in [0.1, 0.15) is 22.9 Å². The van der Waals surface area contributed by atoms with Crippen LogP contribution in [0.15, 0.2) is 45.8 Å². The molecule has 0 aliphatic rings. The summed E-state index contributed by atoms with van der Waals surface area (Å²) in [6.07, 6.45) is 0.194. The second-order valence-electron chi connectivity index (χ2n) is 6.96. The zero-order valence-corrected chi connectivity index (χ0v) is 19.8. The smallest absolute Gasteiger partial charge is 0.224 e. The van der Waals surface area contributed by atoms with Crippen molar-refractivity contribution >= 4 is 35.8 Å². The Hall–Kier alpha value is -2.14. The molecule has 1 unspecified atom stereocenters. The molecule has 1 heterocycles. The van der Waals surface area contributed by atoms with E-state index in [-0.39, 0.29) is 48.7 Å². The Bertz CT molecular complexity index is 822. The molecule has 0 spiro atoms. The third-order valence-electron chi connectivity index (χ3n) is 4.18. The fourth-order valence-electron chi connectivity index (χ4n) is 2.61. The van der Waals surface area contributed by atoms with Crippen LogP contribution in [0.3, 0.4) is 0 Å². The van der Waals surface area contributed by atoms with E-state index in [4.69, 9.17) is 4.42 Å². The van der Waals surface area contributed by atoms with E-state index < -0.39 is 5.60 Å². The molecule has 0 bridgehead atoms. The van der Waals surface area contributed by atoms with Crippen molar-refractivity contribution in [2.45, 2.75) is 32.8 Å². The van der Waals surface area contributed by atoms with Crippen LogP contribution >= 0.6 is 24.0 Å². The predicted octanol–water partition coefficient (Wildman–Crippen LogP) is 2.47. The number of aliphatic hydroxyl groups is 1. The highest BCUT2D eigenvalue weighted by molar-refractivity contribution is 14.0. The average Bonchev–Trinajstić information content (AvgIpc) is 3.12. The Labute approximate surface area is 193 Å². The van der Waals surface area contributed by atoms with Gasteiger partial charge in [0.25, 0.3) is 0 Å². The van der Waals surface area contributed by atoms with Gasteiger partial charge in [0.15, 0.2) is 5.96 Å². The summed E-state index contributed by atoms with van der Waals surface area (Å²) in [6.45, 7) is 7.04. The van der Waals surface area contributed by atoms with Crippen LogP contribution in [0.1, 0.15) is 30.9 Å². The molecule has 166 valence electrons. The molecule has 7 nitrogen and oxygen atoms in total. The Balaban J connectivity index is 0.00000450. The summed E-state index contributed by atoms with van der Waals surface area (Å²) in [4.78, 5) is 16.4. The van der Waals surface area contributed by atoms with E-state index in [9.17, 15) is 14.3 Å². The molecular weight excluding hydrogens is 502 g/mol. The van der Waals surface area contributed by atoms with E-state index >= 15 is 0 Å². The van der Waals surface area contributed by atoms with Gasteiger partial charge >= 0.3 is 0 Å². The summed E-state index contributed by atoms with van der Waals surface area (Å²) in [5.41, 5.74) is -0.470. The number of halogens is 2. The number of carbonyl (C=O) groups is 1. The Kier molecular flexibility index (Phi) is 10.8. The maximum absolute atomic E-state index is 12.9. The van der Waals surface area contributed by atoms with E-state index in [2.05, 4.69) is 20.9 Å². The number of nitrogens with zero attached hydrogens (tertiary/aromatic N) is 1. The Morgan fingerprint density at radius 2 is 1.80 bits per heavy atom. The number of hydrogen-bond acceptors (Lipinski definition) is 4. The number of guanidine groups is 1. The minimum absolute atomic E-state index is 0. The zero-order valence-electron chi connectivity index (χ0n) is 17.5. The topological polar surface area (TPSA) is 98.9 Å². The number of nitrogens with one attached hydrogen (secondary N) is 3. The molecular formula is C21H30FIN4O3. The van der Waals surface area contributed by atoms with Crippen LogP contribution in [0, 0.1) is 12.7 Å². The molecule has 1 aromatic carbocycles. The second kappa shape index (κ2) is 12.5. The molecule has 0 radical (unpaired) electrons. The first kappa shape index (κ1) is 25.9. The van der Waals surface area contributed by atoms with Crippen LogP contribution in [0.5, 0.6) is 0 Å². The van der Waals surface area contributed by atoms with Gasteiger partial charge in [-0.2, -0.15) is 0 Å².